The Balaban J connectivity index is 0.000000166. The summed E-state index contributed by atoms with van der Waals surface area (Å²) in [5, 5.41) is 29.0. The summed E-state index contributed by atoms with van der Waals surface area (Å²) in [6.45, 7) is 0.212. The van der Waals surface area contributed by atoms with Gasteiger partial charge >= 0.3 is 0 Å². The molecule has 2 saturated heterocycles. The minimum Gasteiger partial charge on any atom is -0.396 e. The van der Waals surface area contributed by atoms with Crippen LogP contribution < -0.4 is 20.4 Å². The lowest BCUT2D eigenvalue weighted by atomic mass is 9.76. The van der Waals surface area contributed by atoms with Gasteiger partial charge in [-0.25, -0.2) is 0 Å². The highest BCUT2D eigenvalue weighted by Gasteiger charge is 2.46. The Morgan fingerprint density at radius 3 is 0.879 bits per heavy atom. The largest absolute Gasteiger partial charge is 0.396 e. The van der Waals surface area contributed by atoms with Crippen molar-refractivity contribution in [2.24, 2.45) is 11.8 Å². The van der Waals surface area contributed by atoms with Gasteiger partial charge in [-0.2, -0.15) is 0 Å². The van der Waals surface area contributed by atoms with Crippen molar-refractivity contribution in [3.63, 3.8) is 0 Å². The van der Waals surface area contributed by atoms with Gasteiger partial charge in [0.1, 0.15) is 0 Å². The Morgan fingerprint density at radius 2 is 0.591 bits per heavy atom. The van der Waals surface area contributed by atoms with Crippen molar-refractivity contribution < 1.29 is 10.2 Å². The Kier molecular flexibility index (Phi) is 14.5. The van der Waals surface area contributed by atoms with Crippen LogP contribution in [0.2, 0.25) is 0 Å². The van der Waals surface area contributed by atoms with E-state index in [0.29, 0.717) is 0 Å². The van der Waals surface area contributed by atoms with Gasteiger partial charge in [-0.3, -0.25) is 0 Å². The number of aliphatic hydroxyl groups excluding tert-OH is 2. The summed E-state index contributed by atoms with van der Waals surface area (Å²) in [7, 11) is 0. The Hall–Kier alpha value is -7.12. The summed E-state index contributed by atoms with van der Waals surface area (Å²) >= 11 is 0. The van der Waals surface area contributed by atoms with Crippen molar-refractivity contribution in [3.8, 4) is 0 Å². The molecule has 8 atom stereocenters. The zero-order valence-electron chi connectivity index (χ0n) is 37.3. The number of aliphatic hydroxyl groups is 2. The van der Waals surface area contributed by atoms with E-state index in [1.165, 1.54) is 33.6 Å². The van der Waals surface area contributed by atoms with Crippen LogP contribution in [-0.2, 0) is 0 Å². The van der Waals surface area contributed by atoms with E-state index < -0.39 is 0 Å². The fraction of sp³-hybridized carbons (Fsp3) is 0.200. The van der Waals surface area contributed by atoms with E-state index in [9.17, 15) is 10.2 Å². The van der Waals surface area contributed by atoms with Crippen LogP contribution in [0, 0.1) is 11.8 Å². The summed E-state index contributed by atoms with van der Waals surface area (Å²) < 4.78 is 0. The first-order chi connectivity index (χ1) is 32.7. The third-order valence-corrected chi connectivity index (χ3v) is 13.5. The fourth-order valence-electron chi connectivity index (χ4n) is 10.5. The van der Waals surface area contributed by atoms with Crippen LogP contribution in [0.4, 0.5) is 22.7 Å². The first-order valence-corrected chi connectivity index (χ1v) is 23.4. The minimum absolute atomic E-state index is 0.0211. The molecule has 332 valence electrons. The van der Waals surface area contributed by atoms with Crippen LogP contribution in [0.25, 0.3) is 0 Å². The number of nitrogens with zero attached hydrogens (tertiary/aromatic N) is 2. The molecule has 0 unspecified atom stereocenters. The summed E-state index contributed by atoms with van der Waals surface area (Å²) in [5.74, 6) is 0.0422. The number of hydrogen-bond donors (Lipinski definition) is 4. The van der Waals surface area contributed by atoms with E-state index in [1.807, 2.05) is 12.1 Å². The van der Waals surface area contributed by atoms with Crippen molar-refractivity contribution >= 4 is 22.7 Å². The standard InChI is InChI=1S/2C30H30N2O/c2*33-22-27-28(31-25-17-9-3-10-18-25)21-29(23-13-5-1-6-14-23)32(26-19-11-4-12-20-26)30(27)24-15-7-2-8-16-24/h2*1-20,27-31,33H,21-22H2/t2*27-,28+,29+,30-/m10/s1. The number of hydrogen-bond acceptors (Lipinski definition) is 6. The summed E-state index contributed by atoms with van der Waals surface area (Å²) in [6.07, 6.45) is 1.78. The molecule has 8 aromatic carbocycles. The highest BCUT2D eigenvalue weighted by Crippen LogP contribution is 2.50. The molecule has 6 heteroatoms. The van der Waals surface area contributed by atoms with Crippen LogP contribution in [0.1, 0.15) is 59.3 Å². The zero-order chi connectivity index (χ0) is 44.9. The average molecular weight is 869 g/mol. The summed E-state index contributed by atoms with van der Waals surface area (Å²) in [6, 6.07) is 85.4. The van der Waals surface area contributed by atoms with Crippen molar-refractivity contribution in [2.45, 2.75) is 49.1 Å². The molecular weight excluding hydrogens is 809 g/mol. The molecule has 0 amide bonds. The molecule has 0 aromatic heterocycles. The van der Waals surface area contributed by atoms with Gasteiger partial charge in [-0.1, -0.05) is 194 Å². The molecule has 0 bridgehead atoms. The maximum Gasteiger partial charge on any atom is 0.0618 e. The first-order valence-electron chi connectivity index (χ1n) is 23.4. The number of piperidine rings is 2. The van der Waals surface area contributed by atoms with Gasteiger partial charge in [0.15, 0.2) is 0 Å². The monoisotopic (exact) mass is 868 g/mol. The zero-order valence-corrected chi connectivity index (χ0v) is 37.3. The van der Waals surface area contributed by atoms with Gasteiger partial charge in [0, 0.05) is 46.7 Å². The second-order valence-electron chi connectivity index (χ2n) is 17.4. The lowest BCUT2D eigenvalue weighted by Crippen LogP contribution is -2.51. The molecule has 6 nitrogen and oxygen atoms in total. The van der Waals surface area contributed by atoms with Crippen molar-refractivity contribution in [3.05, 3.63) is 265 Å². The molecule has 66 heavy (non-hydrogen) atoms. The van der Waals surface area contributed by atoms with E-state index in [-0.39, 0.29) is 61.3 Å². The normalized spacial score (nSPS) is 22.6. The molecule has 0 radical (unpaired) electrons. The predicted molar refractivity (Wildman–Crippen MR) is 273 cm³/mol. The molecule has 0 aliphatic carbocycles. The van der Waals surface area contributed by atoms with Crippen LogP contribution in [0.5, 0.6) is 0 Å². The molecule has 4 N–H and O–H groups in total. The van der Waals surface area contributed by atoms with Crippen molar-refractivity contribution in [1.82, 2.24) is 0 Å². The van der Waals surface area contributed by atoms with Crippen LogP contribution in [0.3, 0.4) is 0 Å². The Bertz CT molecular complexity index is 2420. The topological polar surface area (TPSA) is 71.0 Å². The third kappa shape index (κ3) is 10.1. The predicted octanol–water partition coefficient (Wildman–Crippen LogP) is 12.9. The molecule has 8 aromatic rings. The SMILES string of the molecule is OC[C@@H]1[C@@H](Nc2ccccc2)C[C@@H](c2ccccc2)N(c2ccccc2)[C@@H]1c1ccccc1.OC[C@H]1[C@H](Nc2ccccc2)C[C@H](c2ccccc2)N(c2ccccc2)[C@H]1c1ccccc1. The summed E-state index contributed by atoms with van der Waals surface area (Å²) in [4.78, 5) is 5.05. The van der Waals surface area contributed by atoms with Crippen LogP contribution >= 0.6 is 0 Å². The van der Waals surface area contributed by atoms with E-state index in [4.69, 9.17) is 0 Å². The summed E-state index contributed by atoms with van der Waals surface area (Å²) in [5.41, 5.74) is 9.56. The number of rotatable bonds is 12. The van der Waals surface area contributed by atoms with Gasteiger partial charge in [0.05, 0.1) is 37.4 Å². The maximum absolute atomic E-state index is 10.7. The lowest BCUT2D eigenvalue weighted by Gasteiger charge is -2.51. The maximum atomic E-state index is 10.7. The van der Waals surface area contributed by atoms with Gasteiger partial charge in [0.2, 0.25) is 0 Å². The first kappa shape index (κ1) is 44.1. The molecule has 0 spiro atoms. The number of nitrogens with one attached hydrogen (secondary N) is 2. The third-order valence-electron chi connectivity index (χ3n) is 13.5. The number of para-hydroxylation sites is 4. The van der Waals surface area contributed by atoms with E-state index >= 15 is 0 Å². The Morgan fingerprint density at radius 1 is 0.333 bits per heavy atom. The highest BCUT2D eigenvalue weighted by atomic mass is 16.3. The molecule has 0 saturated carbocycles. The molecule has 2 fully saturated rings. The molecule has 10 rings (SSSR count). The van der Waals surface area contributed by atoms with Gasteiger partial charge in [-0.05, 0) is 83.6 Å². The number of benzene rings is 8. The second kappa shape index (κ2) is 21.7. The molecule has 2 aliphatic rings. The minimum atomic E-state index is 0.0211. The van der Waals surface area contributed by atoms with Gasteiger partial charge in [0.25, 0.3) is 0 Å². The van der Waals surface area contributed by atoms with Crippen molar-refractivity contribution in [1.29, 1.82) is 0 Å². The highest BCUT2D eigenvalue weighted by molar-refractivity contribution is 5.56. The second-order valence-corrected chi connectivity index (χ2v) is 17.4. The average Bonchev–Trinajstić information content (AvgIpc) is 3.40. The van der Waals surface area contributed by atoms with Crippen LogP contribution in [0.15, 0.2) is 243 Å². The quantitative estimate of drug-likeness (QED) is 0.0981. The van der Waals surface area contributed by atoms with Gasteiger partial charge in [-0.15, -0.1) is 0 Å². The smallest absolute Gasteiger partial charge is 0.0618 e. The Labute approximate surface area is 390 Å². The molecular formula is C60H60N4O2. The molecule has 2 heterocycles. The lowest BCUT2D eigenvalue weighted by molar-refractivity contribution is 0.149. The van der Waals surface area contributed by atoms with Crippen molar-refractivity contribution in [2.75, 3.05) is 33.6 Å². The molecule has 2 aliphatic heterocycles. The van der Waals surface area contributed by atoms with E-state index in [1.54, 1.807) is 0 Å². The van der Waals surface area contributed by atoms with E-state index in [0.717, 1.165) is 24.2 Å². The van der Waals surface area contributed by atoms with E-state index in [2.05, 4.69) is 251 Å². The fourth-order valence-corrected chi connectivity index (χ4v) is 10.5. The van der Waals surface area contributed by atoms with Crippen LogP contribution in [-0.4, -0.2) is 35.5 Å². The number of anilines is 4. The van der Waals surface area contributed by atoms with Gasteiger partial charge < -0.3 is 30.6 Å².